The van der Waals surface area contributed by atoms with Gasteiger partial charge in [-0.05, 0) is 53.5 Å². The molecule has 0 bridgehead atoms. The Bertz CT molecular complexity index is 1370. The average molecular weight is 472 g/mol. The molecule has 4 aromatic rings. The van der Waals surface area contributed by atoms with Gasteiger partial charge < -0.3 is 21.3 Å². The van der Waals surface area contributed by atoms with Crippen LogP contribution in [0.5, 0.6) is 0 Å². The predicted octanol–water partition coefficient (Wildman–Crippen LogP) is 3.78. The van der Waals surface area contributed by atoms with E-state index in [2.05, 4.69) is 36.6 Å². The van der Waals surface area contributed by atoms with E-state index in [9.17, 15) is 4.79 Å². The molecule has 1 aromatic carbocycles. The Labute approximate surface area is 201 Å². The molecule has 2 saturated heterocycles. The highest BCUT2D eigenvalue weighted by atomic mass is 32.1. The number of hydrogen-bond donors (Lipinski definition) is 3. The number of rotatable bonds is 4. The normalized spacial score (nSPS) is 17.0. The van der Waals surface area contributed by atoms with Crippen molar-refractivity contribution >= 4 is 44.8 Å². The molecule has 5 heterocycles. The van der Waals surface area contributed by atoms with E-state index >= 15 is 0 Å². The number of aromatic nitrogens is 3. The number of anilines is 3. The van der Waals surface area contributed by atoms with Crippen molar-refractivity contribution in [3.63, 3.8) is 0 Å². The lowest BCUT2D eigenvalue weighted by Gasteiger charge is -2.48. The lowest BCUT2D eigenvalue weighted by atomic mass is 9.73. The second-order valence-electron chi connectivity index (χ2n) is 9.14. The van der Waals surface area contributed by atoms with Gasteiger partial charge >= 0.3 is 0 Å². The summed E-state index contributed by atoms with van der Waals surface area (Å²) in [7, 11) is 0. The van der Waals surface area contributed by atoms with E-state index in [0.29, 0.717) is 21.9 Å². The Hall–Kier alpha value is -3.56. The average Bonchev–Trinajstić information content (AvgIpc) is 3.29. The molecule has 4 N–H and O–H groups in total. The van der Waals surface area contributed by atoms with Crippen LogP contribution in [0.15, 0.2) is 55.0 Å². The number of nitrogens with one attached hydrogen (secondary N) is 2. The van der Waals surface area contributed by atoms with Gasteiger partial charge in [0.1, 0.15) is 11.6 Å². The lowest BCUT2D eigenvalue weighted by Crippen LogP contribution is -2.58. The minimum absolute atomic E-state index is 0.196. The molecule has 2 aliphatic rings. The first-order chi connectivity index (χ1) is 16.6. The molecule has 0 atom stereocenters. The predicted molar refractivity (Wildman–Crippen MR) is 136 cm³/mol. The molecule has 0 aliphatic carbocycles. The summed E-state index contributed by atoms with van der Waals surface area (Å²) in [6.07, 6.45) is 7.58. The summed E-state index contributed by atoms with van der Waals surface area (Å²) in [6.45, 7) is 4.18. The first-order valence-corrected chi connectivity index (χ1v) is 12.2. The molecule has 9 heteroatoms. The fourth-order valence-corrected chi connectivity index (χ4v) is 5.43. The lowest BCUT2D eigenvalue weighted by molar-refractivity contribution is 0.102. The van der Waals surface area contributed by atoms with Crippen LogP contribution in [0.4, 0.5) is 16.8 Å². The Morgan fingerprint density at radius 3 is 2.62 bits per heavy atom. The monoisotopic (exact) mass is 471 g/mol. The number of thiazole rings is 1. The molecule has 6 rings (SSSR count). The minimum Gasteiger partial charge on any atom is -0.375 e. The van der Waals surface area contributed by atoms with Crippen LogP contribution < -0.4 is 21.3 Å². The molecule has 2 fully saturated rings. The van der Waals surface area contributed by atoms with Crippen LogP contribution in [0.2, 0.25) is 0 Å². The number of amides is 1. The van der Waals surface area contributed by atoms with Crippen molar-refractivity contribution in [2.45, 2.75) is 12.8 Å². The molecule has 1 spiro atoms. The van der Waals surface area contributed by atoms with Crippen LogP contribution in [-0.4, -0.2) is 47.0 Å². The summed E-state index contributed by atoms with van der Waals surface area (Å²) < 4.78 is 0. The zero-order valence-corrected chi connectivity index (χ0v) is 19.4. The van der Waals surface area contributed by atoms with Crippen molar-refractivity contribution in [2.24, 2.45) is 5.41 Å². The van der Waals surface area contributed by atoms with E-state index in [1.54, 1.807) is 24.7 Å². The molecule has 172 valence electrons. The summed E-state index contributed by atoms with van der Waals surface area (Å²) in [4.78, 5) is 29.4. The number of hydrogen-bond acceptors (Lipinski definition) is 8. The maximum atomic E-state index is 13.0. The zero-order valence-electron chi connectivity index (χ0n) is 18.6. The van der Waals surface area contributed by atoms with E-state index in [0.717, 1.165) is 66.1 Å². The second kappa shape index (κ2) is 8.34. The third-order valence-electron chi connectivity index (χ3n) is 6.93. The first-order valence-electron chi connectivity index (χ1n) is 11.4. The van der Waals surface area contributed by atoms with E-state index in [4.69, 9.17) is 5.73 Å². The van der Waals surface area contributed by atoms with Crippen molar-refractivity contribution < 1.29 is 4.79 Å². The molecule has 3 aromatic heterocycles. The molecule has 0 radical (unpaired) electrons. The van der Waals surface area contributed by atoms with Gasteiger partial charge in [0.2, 0.25) is 0 Å². The molecular formula is C25H25N7OS. The van der Waals surface area contributed by atoms with Crippen molar-refractivity contribution in [1.82, 2.24) is 20.3 Å². The standard InChI is InChI=1S/C25H25N7OS/c26-24-30-13-20(34-24)16-1-2-18-12-29-21(10-19(18)9-16)31-23(33)17-3-6-28-22(11-17)32-7-4-25(5-8-32)14-27-15-25/h1-3,6,9-13,27H,4-5,7-8,14-15H2,(H2,26,30)(H,29,31,33). The maximum Gasteiger partial charge on any atom is 0.257 e. The SMILES string of the molecule is Nc1ncc(-c2ccc3cnc(NC(=O)c4ccnc(N5CCC6(CC5)CNC6)c4)cc3c2)s1. The van der Waals surface area contributed by atoms with E-state index in [1.807, 2.05) is 24.3 Å². The molecular weight excluding hydrogens is 446 g/mol. The fourth-order valence-electron chi connectivity index (χ4n) is 4.75. The van der Waals surface area contributed by atoms with Crippen LogP contribution in [0, 0.1) is 5.41 Å². The Kier molecular flexibility index (Phi) is 5.15. The molecule has 8 nitrogen and oxygen atoms in total. The van der Waals surface area contributed by atoms with Gasteiger partial charge in [0, 0.05) is 55.7 Å². The van der Waals surface area contributed by atoms with Gasteiger partial charge in [-0.3, -0.25) is 4.79 Å². The van der Waals surface area contributed by atoms with Crippen LogP contribution >= 0.6 is 11.3 Å². The number of carbonyl (C=O) groups excluding carboxylic acids is 1. The van der Waals surface area contributed by atoms with Crippen LogP contribution in [0.1, 0.15) is 23.2 Å². The highest BCUT2D eigenvalue weighted by Gasteiger charge is 2.39. The van der Waals surface area contributed by atoms with Gasteiger partial charge in [-0.15, -0.1) is 0 Å². The highest BCUT2D eigenvalue weighted by molar-refractivity contribution is 7.18. The van der Waals surface area contributed by atoms with Gasteiger partial charge in [0.05, 0.1) is 4.88 Å². The van der Waals surface area contributed by atoms with Crippen LogP contribution in [0.3, 0.4) is 0 Å². The fraction of sp³-hybridized carbons (Fsp3) is 0.280. The smallest absolute Gasteiger partial charge is 0.257 e. The first kappa shape index (κ1) is 21.0. The quantitative estimate of drug-likeness (QED) is 0.416. The maximum absolute atomic E-state index is 13.0. The number of pyridine rings is 2. The van der Waals surface area contributed by atoms with Crippen molar-refractivity contribution in [2.75, 3.05) is 42.1 Å². The Balaban J connectivity index is 1.19. The van der Waals surface area contributed by atoms with Gasteiger partial charge in [0.25, 0.3) is 5.91 Å². The minimum atomic E-state index is -0.196. The van der Waals surface area contributed by atoms with Crippen LogP contribution in [0.25, 0.3) is 21.2 Å². The number of benzene rings is 1. The van der Waals surface area contributed by atoms with Gasteiger partial charge in [-0.1, -0.05) is 23.5 Å². The Morgan fingerprint density at radius 1 is 1.03 bits per heavy atom. The Morgan fingerprint density at radius 2 is 1.88 bits per heavy atom. The van der Waals surface area contributed by atoms with E-state index in [-0.39, 0.29) is 5.91 Å². The number of carbonyl (C=O) groups is 1. The topological polar surface area (TPSA) is 109 Å². The zero-order chi connectivity index (χ0) is 23.1. The number of piperidine rings is 1. The van der Waals surface area contributed by atoms with Crippen molar-refractivity contribution in [1.29, 1.82) is 0 Å². The van der Waals surface area contributed by atoms with Crippen LogP contribution in [-0.2, 0) is 0 Å². The number of nitrogen functional groups attached to an aromatic ring is 1. The number of nitrogens with two attached hydrogens (primary N) is 1. The summed E-state index contributed by atoms with van der Waals surface area (Å²) in [6, 6.07) is 11.6. The summed E-state index contributed by atoms with van der Waals surface area (Å²) in [5.74, 6) is 1.17. The van der Waals surface area contributed by atoms with E-state index in [1.165, 1.54) is 11.3 Å². The summed E-state index contributed by atoms with van der Waals surface area (Å²) in [5, 5.41) is 8.86. The molecule has 2 aliphatic heterocycles. The summed E-state index contributed by atoms with van der Waals surface area (Å²) >= 11 is 1.45. The third kappa shape index (κ3) is 3.97. The van der Waals surface area contributed by atoms with Gasteiger partial charge in [0.15, 0.2) is 5.13 Å². The molecule has 1 amide bonds. The van der Waals surface area contributed by atoms with Gasteiger partial charge in [-0.2, -0.15) is 0 Å². The molecule has 0 unspecified atom stereocenters. The third-order valence-corrected chi connectivity index (χ3v) is 7.80. The molecule has 34 heavy (non-hydrogen) atoms. The number of nitrogens with zero attached hydrogens (tertiary/aromatic N) is 4. The van der Waals surface area contributed by atoms with Gasteiger partial charge in [-0.25, -0.2) is 15.0 Å². The number of fused-ring (bicyclic) bond motifs is 1. The van der Waals surface area contributed by atoms with E-state index < -0.39 is 0 Å². The highest BCUT2D eigenvalue weighted by Crippen LogP contribution is 2.36. The molecule has 0 saturated carbocycles. The summed E-state index contributed by atoms with van der Waals surface area (Å²) in [5.41, 5.74) is 7.86. The second-order valence-corrected chi connectivity index (χ2v) is 10.2. The largest absolute Gasteiger partial charge is 0.375 e. The van der Waals surface area contributed by atoms with Crippen molar-refractivity contribution in [3.05, 3.63) is 60.6 Å². The van der Waals surface area contributed by atoms with Crippen molar-refractivity contribution in [3.8, 4) is 10.4 Å².